The second kappa shape index (κ2) is 10.0. The molecule has 4 aliphatic carbocycles. The van der Waals surface area contributed by atoms with E-state index in [9.17, 15) is 15.0 Å². The lowest BCUT2D eigenvalue weighted by molar-refractivity contribution is -0.348. The minimum atomic E-state index is -0.950. The van der Waals surface area contributed by atoms with Crippen LogP contribution in [0.5, 0.6) is 0 Å². The average molecular weight is 570 g/mol. The van der Waals surface area contributed by atoms with E-state index >= 15 is 0 Å². The Bertz CT molecular complexity index is 1240. The first-order valence-electron chi connectivity index (χ1n) is 14.1. The zero-order valence-electron chi connectivity index (χ0n) is 22.6. The maximum Gasteiger partial charge on any atom is 0.251 e. The summed E-state index contributed by atoms with van der Waals surface area (Å²) >= 11 is 6.17. The van der Waals surface area contributed by atoms with E-state index in [1.54, 1.807) is 17.8 Å². The second-order valence-electron chi connectivity index (χ2n) is 12.3. The minimum absolute atomic E-state index is 0.0513. The van der Waals surface area contributed by atoms with Crippen molar-refractivity contribution in [1.29, 1.82) is 5.41 Å². The number of fused-ring (bicyclic) bond motifs is 4. The summed E-state index contributed by atoms with van der Waals surface area (Å²) in [7, 11) is 0. The number of aliphatic hydroxyl groups is 2. The van der Waals surface area contributed by atoms with Gasteiger partial charge in [-0.25, -0.2) is 0 Å². The number of aliphatic imine (C=N–C) groups is 1. The van der Waals surface area contributed by atoms with Gasteiger partial charge in [0.05, 0.1) is 11.8 Å². The van der Waals surface area contributed by atoms with Crippen LogP contribution in [0.1, 0.15) is 55.8 Å². The first kappa shape index (κ1) is 27.5. The van der Waals surface area contributed by atoms with Gasteiger partial charge >= 0.3 is 0 Å². The monoisotopic (exact) mass is 569 g/mol. The zero-order valence-corrected chi connectivity index (χ0v) is 24.3. The predicted octanol–water partition coefficient (Wildman–Crippen LogP) is 4.41. The Morgan fingerprint density at radius 2 is 2.18 bits per heavy atom. The molecule has 0 aromatic heterocycles. The van der Waals surface area contributed by atoms with Gasteiger partial charge in [-0.3, -0.25) is 9.79 Å². The van der Waals surface area contributed by atoms with Crippen LogP contribution in [-0.4, -0.2) is 69.3 Å². The van der Waals surface area contributed by atoms with Crippen LogP contribution in [0.3, 0.4) is 0 Å². The van der Waals surface area contributed by atoms with Crippen molar-refractivity contribution in [2.24, 2.45) is 34.1 Å². The van der Waals surface area contributed by atoms with Crippen LogP contribution in [-0.2, 0) is 4.74 Å². The number of hydrogen-bond donors (Lipinski definition) is 5. The van der Waals surface area contributed by atoms with E-state index in [0.29, 0.717) is 37.1 Å². The number of nitrogens with one attached hydrogen (secondary N) is 2. The van der Waals surface area contributed by atoms with Gasteiger partial charge < -0.3 is 25.7 Å². The van der Waals surface area contributed by atoms with E-state index in [2.05, 4.69) is 30.9 Å². The molecule has 9 heteroatoms. The summed E-state index contributed by atoms with van der Waals surface area (Å²) < 4.78 is 6.18. The van der Waals surface area contributed by atoms with Crippen LogP contribution >= 0.6 is 24.4 Å². The predicted molar refractivity (Wildman–Crippen MR) is 158 cm³/mol. The molecule has 0 radical (unpaired) electrons. The van der Waals surface area contributed by atoms with Crippen molar-refractivity contribution in [2.45, 2.75) is 68.2 Å². The molecule has 6 rings (SSSR count). The molecule has 1 saturated heterocycles. The van der Waals surface area contributed by atoms with E-state index < -0.39 is 22.7 Å². The molecule has 1 aromatic carbocycles. The van der Waals surface area contributed by atoms with E-state index in [-0.39, 0.29) is 35.0 Å². The number of hydrogen-bond acceptors (Lipinski definition) is 8. The van der Waals surface area contributed by atoms with Crippen LogP contribution in [0, 0.1) is 34.5 Å². The number of allylic oxidation sites excluding steroid dienone is 2. The van der Waals surface area contributed by atoms with Crippen molar-refractivity contribution in [3.63, 3.8) is 0 Å². The summed E-state index contributed by atoms with van der Waals surface area (Å²) in [5.41, 5.74) is 1.06. The van der Waals surface area contributed by atoms with Gasteiger partial charge in [-0.2, -0.15) is 11.8 Å². The molecule has 3 saturated carbocycles. The molecular formula is C30H39N3O4S2. The molecule has 4 fully saturated rings. The van der Waals surface area contributed by atoms with Gasteiger partial charge in [0.1, 0.15) is 16.6 Å². The Balaban J connectivity index is 1.28. The Kier molecular flexibility index (Phi) is 7.07. The molecule has 9 atom stereocenters. The Labute approximate surface area is 240 Å². The standard InChI is InChI=1S/C30H39N3O4S2/c1-28-14-18(16-31)23(33-20-5-3-4-17(12-20)26(35)32-10-11-39-2)13-19(28)6-7-21-22-8-9-29(36)27(38)37-30(22,29)15-24(34)25(21)28/h3-5,12-13,16,18,21-22,24-25,27,31,34,36,38H,6-11,14-15H2,1-2H3,(H,32,35). The number of aliphatic hydroxyl groups excluding tert-OH is 1. The fraction of sp³-hybridized carbons (Fsp3) is 0.633. The Hall–Kier alpha value is -1.65. The van der Waals surface area contributed by atoms with Gasteiger partial charge in [-0.05, 0) is 85.8 Å². The van der Waals surface area contributed by atoms with Crippen LogP contribution < -0.4 is 5.32 Å². The number of benzene rings is 1. The van der Waals surface area contributed by atoms with E-state index in [0.717, 1.165) is 30.7 Å². The lowest BCUT2D eigenvalue weighted by Gasteiger charge is -2.66. The summed E-state index contributed by atoms with van der Waals surface area (Å²) in [6, 6.07) is 7.36. The molecule has 1 spiro atoms. The number of nitrogens with zero attached hydrogens (tertiary/aromatic N) is 1. The Morgan fingerprint density at radius 3 is 2.92 bits per heavy atom. The molecule has 1 heterocycles. The first-order valence-corrected chi connectivity index (χ1v) is 16.0. The zero-order chi connectivity index (χ0) is 27.6. The molecule has 1 aliphatic heterocycles. The average Bonchev–Trinajstić information content (AvgIpc) is 3.15. The fourth-order valence-corrected chi connectivity index (χ4v) is 9.60. The van der Waals surface area contributed by atoms with Crippen LogP contribution in [0.2, 0.25) is 0 Å². The maximum absolute atomic E-state index is 12.6. The first-order chi connectivity index (χ1) is 18.7. The maximum atomic E-state index is 12.6. The van der Waals surface area contributed by atoms with Crippen LogP contribution in [0.4, 0.5) is 5.69 Å². The molecule has 4 N–H and O–H groups in total. The highest BCUT2D eigenvalue weighted by molar-refractivity contribution is 7.98. The minimum Gasteiger partial charge on any atom is -0.393 e. The molecule has 210 valence electrons. The molecule has 5 aliphatic rings. The summed E-state index contributed by atoms with van der Waals surface area (Å²) in [5, 5.41) is 34.2. The second-order valence-corrected chi connectivity index (χ2v) is 13.8. The number of thiol groups is 1. The van der Waals surface area contributed by atoms with Gasteiger partial charge in [0.25, 0.3) is 5.91 Å². The third-order valence-electron chi connectivity index (χ3n) is 10.5. The lowest BCUT2D eigenvalue weighted by Crippen LogP contribution is -2.76. The van der Waals surface area contributed by atoms with Crippen molar-refractivity contribution in [3.05, 3.63) is 41.5 Å². The molecule has 0 bridgehead atoms. The largest absolute Gasteiger partial charge is 0.393 e. The normalized spacial score (nSPS) is 43.3. The third-order valence-corrected chi connectivity index (χ3v) is 11.7. The van der Waals surface area contributed by atoms with Crippen molar-refractivity contribution in [1.82, 2.24) is 5.32 Å². The number of carbonyl (C=O) groups excluding carboxylic acids is 1. The summed E-state index contributed by atoms with van der Waals surface area (Å²) in [6.07, 6.45) is 9.65. The van der Waals surface area contributed by atoms with Crippen molar-refractivity contribution in [2.75, 3.05) is 18.6 Å². The van der Waals surface area contributed by atoms with Crippen molar-refractivity contribution < 1.29 is 19.7 Å². The number of amides is 1. The van der Waals surface area contributed by atoms with Gasteiger partial charge in [0.15, 0.2) is 0 Å². The molecular weight excluding hydrogens is 530 g/mol. The van der Waals surface area contributed by atoms with Gasteiger partial charge in [0, 0.05) is 42.1 Å². The van der Waals surface area contributed by atoms with Gasteiger partial charge in [-0.15, -0.1) is 12.6 Å². The van der Waals surface area contributed by atoms with Gasteiger partial charge in [0.2, 0.25) is 0 Å². The number of thioether (sulfide) groups is 1. The molecule has 1 amide bonds. The Morgan fingerprint density at radius 1 is 1.36 bits per heavy atom. The molecule has 1 aromatic rings. The summed E-state index contributed by atoms with van der Waals surface area (Å²) in [5.74, 6) is 1.11. The SMILES string of the molecule is CSCCNC(=O)c1cccc(N=C2C=C3CCC4C(C(O)CC56OC(S)C5(O)CCC46)C3(C)CC2C=N)c1. The highest BCUT2D eigenvalue weighted by Gasteiger charge is 2.77. The molecule has 7 nitrogen and oxygen atoms in total. The number of ether oxygens (including phenoxy) is 1. The van der Waals surface area contributed by atoms with E-state index in [1.165, 1.54) is 11.8 Å². The van der Waals surface area contributed by atoms with Crippen LogP contribution in [0.25, 0.3) is 0 Å². The smallest absolute Gasteiger partial charge is 0.251 e. The number of carbonyl (C=O) groups is 1. The van der Waals surface area contributed by atoms with E-state index in [4.69, 9.17) is 15.1 Å². The van der Waals surface area contributed by atoms with Crippen LogP contribution in [0.15, 0.2) is 40.9 Å². The summed E-state index contributed by atoms with van der Waals surface area (Å²) in [4.78, 5) is 17.5. The quantitative estimate of drug-likeness (QED) is 0.198. The third kappa shape index (κ3) is 4.09. The van der Waals surface area contributed by atoms with Gasteiger partial charge in [-0.1, -0.05) is 18.6 Å². The summed E-state index contributed by atoms with van der Waals surface area (Å²) in [6.45, 7) is 2.88. The van der Waals surface area contributed by atoms with Crippen molar-refractivity contribution >= 4 is 47.9 Å². The number of rotatable bonds is 6. The molecule has 9 unspecified atom stereocenters. The fourth-order valence-electron chi connectivity index (χ4n) is 8.76. The van der Waals surface area contributed by atoms with Crippen molar-refractivity contribution in [3.8, 4) is 0 Å². The lowest BCUT2D eigenvalue weighted by atomic mass is 9.46. The molecule has 39 heavy (non-hydrogen) atoms. The topological polar surface area (TPSA) is 115 Å². The highest BCUT2D eigenvalue weighted by atomic mass is 32.2. The highest BCUT2D eigenvalue weighted by Crippen LogP contribution is 2.70. The van der Waals surface area contributed by atoms with E-state index in [1.807, 2.05) is 24.5 Å².